The molecular weight excluding hydrogens is 1710 g/mol. The second-order valence-electron chi connectivity index (χ2n) is 26.9. The number of nitro benzene ring substituents is 4. The van der Waals surface area contributed by atoms with Crippen LogP contribution in [0.3, 0.4) is 0 Å². The summed E-state index contributed by atoms with van der Waals surface area (Å²) in [5.41, 5.74) is 2.75. The van der Waals surface area contributed by atoms with Gasteiger partial charge in [0.2, 0.25) is 46.0 Å². The normalized spacial score (nSPS) is 16.5. The average molecular weight is 1790 g/mol. The predicted molar refractivity (Wildman–Crippen MR) is 442 cm³/mol. The summed E-state index contributed by atoms with van der Waals surface area (Å²) >= 11 is 27.8. The van der Waals surface area contributed by atoms with Gasteiger partial charge in [-0.3, -0.25) is 50.2 Å². The molecule has 0 radical (unpaired) electrons. The monoisotopic (exact) mass is 1790 g/mol. The summed E-state index contributed by atoms with van der Waals surface area (Å²) in [6.07, 6.45) is 6.09. The number of rotatable bonds is 21. The summed E-state index contributed by atoms with van der Waals surface area (Å²) in [6.45, 7) is 13.1. The van der Waals surface area contributed by atoms with Gasteiger partial charge in [0, 0.05) is 186 Å². The van der Waals surface area contributed by atoms with Crippen LogP contribution in [0, 0.1) is 68.2 Å². The van der Waals surface area contributed by atoms with Crippen LogP contribution in [0.5, 0.6) is 11.5 Å². The third kappa shape index (κ3) is 23.0. The van der Waals surface area contributed by atoms with Crippen molar-refractivity contribution in [3.05, 3.63) is 228 Å². The van der Waals surface area contributed by atoms with Crippen LogP contribution >= 0.6 is 81.7 Å². The molecule has 0 atom stereocenters. The Kier molecular flexibility index (Phi) is 31.0. The smallest absolute Gasteiger partial charge is 0.271 e. The van der Waals surface area contributed by atoms with Crippen LogP contribution in [0.4, 0.5) is 22.7 Å². The van der Waals surface area contributed by atoms with Crippen LogP contribution in [-0.2, 0) is 44.9 Å². The Morgan fingerprint density at radius 3 is 1.22 bits per heavy atom. The standard InChI is InChI=1S/C24H31N3O5S.C18H21N3O4S2.C16H13Cl2N3O5S2.C16H15Cl2N3O4S2/c1-18-8-9-19(2)23(16-18)32-22-11-10-21(27(28)29)17-24(22)33(30,31)26-14-12-25(13-15-26)20-6-4-3-5-7-20;1-13-3-4-14(2)17(11-13)26-16-6-5-15(21(22)23)12-18(16)27(24,25)20-9-7-19-8-10-20;17-10-1-3-12(18)14(7-10)27-13-4-2-11(21(23)24)8-15(13)28(25,26)20-6-5-19-16(22)9-20;17-11-1-3-13(18)15(9-11)26-14-4-2-12(21(22)23)10-16(14)27(24,25)20-7-5-19-6-8-20/h8-11,16-17,20H,3-7,12-15H2,1-2H3;3-6,11-12,19H,7-10H2,1-2H3;1-4,7-8H,5-6,9H2,(H,19,22);1-4,9-10,19H,5-8H2. The summed E-state index contributed by atoms with van der Waals surface area (Å²) in [6, 6.07) is 36.9. The van der Waals surface area contributed by atoms with E-state index in [1.807, 2.05) is 64.1 Å². The SMILES string of the molecule is Cc1ccc(C)c(Oc2ccc([N+](=O)[O-])cc2S(=O)(=O)N2CCN(C3CCCCC3)CC2)c1.Cc1ccc(C)c(Sc2ccc([N+](=O)[O-])cc2S(=O)(=O)N2CCNCC2)c1.O=C1CN(S(=O)(=O)c2cc([N+](=O)[O-])ccc2Sc2cc(Cl)ccc2Cl)CCN1.O=[N+]([O-])c1ccc(Sc2cc(Cl)ccc2Cl)c(S(=O)(=O)N2CCNCC2)c1. The molecular formula is C74H80Cl4N12O18S7. The fraction of sp³-hybridized carbons (Fsp3) is 0.338. The second-order valence-corrected chi connectivity index (χ2v) is 39.4. The minimum absolute atomic E-state index is 0.00972. The van der Waals surface area contributed by atoms with Gasteiger partial charge in [-0.25, -0.2) is 33.7 Å². The Balaban J connectivity index is 0.000000163. The van der Waals surface area contributed by atoms with Gasteiger partial charge in [0.1, 0.15) is 31.1 Å². The van der Waals surface area contributed by atoms with Crippen molar-refractivity contribution in [2.75, 3.05) is 98.2 Å². The van der Waals surface area contributed by atoms with Crippen molar-refractivity contribution in [3.63, 3.8) is 0 Å². The molecule has 41 heteroatoms. The van der Waals surface area contributed by atoms with E-state index < -0.39 is 65.7 Å². The minimum atomic E-state index is -4.15. The van der Waals surface area contributed by atoms with E-state index in [2.05, 4.69) is 20.9 Å². The first-order chi connectivity index (χ1) is 54.5. The quantitative estimate of drug-likeness (QED) is 0.0444. The molecule has 1 saturated carbocycles. The lowest BCUT2D eigenvalue weighted by Crippen LogP contribution is -2.52. The number of halogens is 4. The van der Waals surface area contributed by atoms with Gasteiger partial charge in [0.05, 0.1) is 36.3 Å². The summed E-state index contributed by atoms with van der Waals surface area (Å²) in [5, 5.41) is 55.3. The number of non-ortho nitro benzene ring substituents is 4. The van der Waals surface area contributed by atoms with E-state index in [0.717, 1.165) is 73.2 Å². The number of sulfonamides is 4. The molecule has 8 aromatic carbocycles. The molecule has 5 fully saturated rings. The molecule has 0 unspecified atom stereocenters. The van der Waals surface area contributed by atoms with Crippen LogP contribution in [-0.4, -0.2) is 186 Å². The van der Waals surface area contributed by atoms with Crippen LogP contribution in [0.15, 0.2) is 195 Å². The lowest BCUT2D eigenvalue weighted by Gasteiger charge is -2.40. The van der Waals surface area contributed by atoms with Crippen molar-refractivity contribution >= 4 is 150 Å². The average Bonchev–Trinajstić information content (AvgIpc) is 0.789. The van der Waals surface area contributed by atoms with E-state index in [1.54, 1.807) is 36.4 Å². The second kappa shape index (κ2) is 39.7. The molecule has 0 bridgehead atoms. The van der Waals surface area contributed by atoms with Gasteiger partial charge in [-0.1, -0.05) is 125 Å². The molecule has 30 nitrogen and oxygen atoms in total. The number of hydrogen-bond donors (Lipinski definition) is 3. The summed E-state index contributed by atoms with van der Waals surface area (Å²) in [7, 11) is -15.8. The maximum absolute atomic E-state index is 13.6. The zero-order chi connectivity index (χ0) is 83.3. The topological polar surface area (TPSA) is 388 Å². The van der Waals surface area contributed by atoms with E-state index in [9.17, 15) is 78.9 Å². The maximum Gasteiger partial charge on any atom is 0.271 e. The summed E-state index contributed by atoms with van der Waals surface area (Å²) in [4.78, 5) is 59.0. The number of ether oxygens (including phenoxy) is 1. The van der Waals surface area contributed by atoms with Crippen molar-refractivity contribution in [3.8, 4) is 11.5 Å². The molecule has 1 amide bonds. The van der Waals surface area contributed by atoms with Crippen LogP contribution < -0.4 is 20.7 Å². The highest BCUT2D eigenvalue weighted by molar-refractivity contribution is 8.01. The lowest BCUT2D eigenvalue weighted by atomic mass is 9.94. The molecule has 3 N–H and O–H groups in total. The van der Waals surface area contributed by atoms with Crippen LogP contribution in [0.1, 0.15) is 54.4 Å². The fourth-order valence-corrected chi connectivity index (χ4v) is 23.9. The van der Waals surface area contributed by atoms with E-state index in [0.29, 0.717) is 130 Å². The molecule has 8 aromatic rings. The van der Waals surface area contributed by atoms with Crippen molar-refractivity contribution in [1.29, 1.82) is 0 Å². The van der Waals surface area contributed by atoms with Crippen molar-refractivity contribution in [2.24, 2.45) is 0 Å². The molecule has 4 saturated heterocycles. The maximum atomic E-state index is 13.6. The van der Waals surface area contributed by atoms with E-state index in [-0.39, 0.29) is 72.6 Å². The highest BCUT2D eigenvalue weighted by Gasteiger charge is 2.38. The number of nitrogens with one attached hydrogen (secondary N) is 3. The Hall–Kier alpha value is -7.64. The number of benzene rings is 8. The number of amides is 1. The number of hydrogen-bond acceptors (Lipinski definition) is 24. The molecule has 0 spiro atoms. The molecule has 0 aromatic heterocycles. The Bertz CT molecular complexity index is 5310. The molecule has 614 valence electrons. The number of nitrogens with zero attached hydrogens (tertiary/aromatic N) is 9. The predicted octanol–water partition coefficient (Wildman–Crippen LogP) is 14.4. The van der Waals surface area contributed by atoms with Gasteiger partial charge in [-0.2, -0.15) is 17.2 Å². The summed E-state index contributed by atoms with van der Waals surface area (Å²) < 4.78 is 117. The lowest BCUT2D eigenvalue weighted by molar-refractivity contribution is -0.385. The number of carbonyl (C=O) groups is 1. The van der Waals surface area contributed by atoms with Gasteiger partial charge in [-0.15, -0.1) is 0 Å². The van der Waals surface area contributed by atoms with E-state index in [4.69, 9.17) is 51.1 Å². The van der Waals surface area contributed by atoms with Crippen molar-refractivity contribution in [1.82, 2.24) is 38.1 Å². The Morgan fingerprint density at radius 1 is 0.391 bits per heavy atom. The first-order valence-electron chi connectivity index (χ1n) is 35.8. The largest absolute Gasteiger partial charge is 0.456 e. The number of aryl methyl sites for hydroxylation is 4. The zero-order valence-electron chi connectivity index (χ0n) is 62.3. The van der Waals surface area contributed by atoms with E-state index in [1.165, 1.54) is 111 Å². The van der Waals surface area contributed by atoms with Crippen LogP contribution in [0.2, 0.25) is 20.1 Å². The highest BCUT2D eigenvalue weighted by Crippen LogP contribution is 2.44. The Morgan fingerprint density at radius 2 is 0.774 bits per heavy atom. The van der Waals surface area contributed by atoms with Crippen LogP contribution in [0.25, 0.3) is 0 Å². The van der Waals surface area contributed by atoms with E-state index >= 15 is 0 Å². The fourth-order valence-electron chi connectivity index (χ4n) is 12.7. The first kappa shape index (κ1) is 89.7. The van der Waals surface area contributed by atoms with Crippen molar-refractivity contribution < 1.29 is 62.9 Å². The molecule has 115 heavy (non-hydrogen) atoms. The molecule has 13 rings (SSSR count). The molecule has 4 heterocycles. The first-order valence-corrected chi connectivity index (χ1v) is 45.6. The number of piperazine rings is 4. The zero-order valence-corrected chi connectivity index (χ0v) is 71.1. The third-order valence-corrected chi connectivity index (χ3v) is 31.8. The van der Waals surface area contributed by atoms with Crippen molar-refractivity contribution in [2.45, 2.75) is 115 Å². The highest BCUT2D eigenvalue weighted by atomic mass is 35.5. The molecule has 4 aliphatic heterocycles. The van der Waals surface area contributed by atoms with Gasteiger partial charge in [-0.05, 0) is 136 Å². The Labute approximate surface area is 698 Å². The third-order valence-electron chi connectivity index (χ3n) is 18.9. The number of nitro groups is 4. The molecule has 5 aliphatic rings. The molecule has 1 aliphatic carbocycles. The minimum Gasteiger partial charge on any atom is -0.456 e. The van der Waals surface area contributed by atoms with Gasteiger partial charge in [0.25, 0.3) is 22.7 Å². The number of carbonyl (C=O) groups excluding carboxylic acids is 1. The summed E-state index contributed by atoms with van der Waals surface area (Å²) in [5.74, 6) is 0.193. The van der Waals surface area contributed by atoms with Gasteiger partial charge in [0.15, 0.2) is 0 Å². The van der Waals surface area contributed by atoms with Gasteiger partial charge >= 0.3 is 0 Å². The van der Waals surface area contributed by atoms with Gasteiger partial charge < -0.3 is 20.7 Å².